The third kappa shape index (κ3) is 8.08. The summed E-state index contributed by atoms with van der Waals surface area (Å²) < 4.78 is 5.21. The van der Waals surface area contributed by atoms with E-state index in [2.05, 4.69) is 22.8 Å². The van der Waals surface area contributed by atoms with E-state index in [1.165, 1.54) is 5.56 Å². The van der Waals surface area contributed by atoms with Crippen LogP contribution in [0.15, 0.2) is 66.2 Å². The lowest BCUT2D eigenvalue weighted by atomic mass is 10.1. The number of nitrogens with one attached hydrogen (secondary N) is 2. The van der Waals surface area contributed by atoms with E-state index in [1.807, 2.05) is 25.1 Å². The number of ether oxygens (including phenoxy) is 1. The third-order valence-electron chi connectivity index (χ3n) is 3.83. The first-order valence-corrected chi connectivity index (χ1v) is 9.33. The Bertz CT molecular complexity index is 819. The van der Waals surface area contributed by atoms with Crippen molar-refractivity contribution in [3.05, 3.63) is 71.8 Å². The van der Waals surface area contributed by atoms with Gasteiger partial charge in [-0.1, -0.05) is 35.9 Å². The standard InChI is InChI=1S/C23H28N2O3/c1-17(10-11-18-8-6-5-7-9-18)16-21(26)24-19-12-14-20(15-13-19)25-22(27)28-23(2,3)4/h5-9,12-16H,10-11H2,1-4H3,(H,24,26)(H,25,27)/b17-16+. The Morgan fingerprint density at radius 1 is 0.929 bits per heavy atom. The average molecular weight is 380 g/mol. The van der Waals surface area contributed by atoms with Crippen molar-refractivity contribution < 1.29 is 14.3 Å². The van der Waals surface area contributed by atoms with E-state index < -0.39 is 11.7 Å². The molecule has 2 aromatic carbocycles. The fourth-order valence-corrected chi connectivity index (χ4v) is 2.52. The lowest BCUT2D eigenvalue weighted by Crippen LogP contribution is -2.27. The molecule has 0 aromatic heterocycles. The Balaban J connectivity index is 1.83. The zero-order valence-electron chi connectivity index (χ0n) is 16.9. The van der Waals surface area contributed by atoms with Gasteiger partial charge >= 0.3 is 6.09 Å². The van der Waals surface area contributed by atoms with Gasteiger partial charge in [0.05, 0.1) is 0 Å². The summed E-state index contributed by atoms with van der Waals surface area (Å²) in [4.78, 5) is 23.9. The smallest absolute Gasteiger partial charge is 0.412 e. The molecule has 0 unspecified atom stereocenters. The molecule has 5 nitrogen and oxygen atoms in total. The molecular weight excluding hydrogens is 352 g/mol. The Kier molecular flexibility index (Phi) is 7.38. The number of hydrogen-bond donors (Lipinski definition) is 2. The van der Waals surface area contributed by atoms with Crippen molar-refractivity contribution in [2.24, 2.45) is 0 Å². The van der Waals surface area contributed by atoms with Gasteiger partial charge in [-0.25, -0.2) is 4.79 Å². The topological polar surface area (TPSA) is 67.4 Å². The predicted molar refractivity (Wildman–Crippen MR) is 113 cm³/mol. The fourth-order valence-electron chi connectivity index (χ4n) is 2.52. The monoisotopic (exact) mass is 380 g/mol. The van der Waals surface area contributed by atoms with Crippen LogP contribution < -0.4 is 10.6 Å². The van der Waals surface area contributed by atoms with Crippen molar-refractivity contribution in [3.8, 4) is 0 Å². The van der Waals surface area contributed by atoms with Gasteiger partial charge in [-0.3, -0.25) is 10.1 Å². The maximum absolute atomic E-state index is 12.2. The van der Waals surface area contributed by atoms with E-state index in [9.17, 15) is 9.59 Å². The van der Waals surface area contributed by atoms with Crippen LogP contribution in [0.3, 0.4) is 0 Å². The minimum Gasteiger partial charge on any atom is -0.444 e. The van der Waals surface area contributed by atoms with Gasteiger partial charge in [0.25, 0.3) is 0 Å². The Morgan fingerprint density at radius 3 is 2.07 bits per heavy atom. The highest BCUT2D eigenvalue weighted by molar-refractivity contribution is 5.99. The van der Waals surface area contributed by atoms with Gasteiger partial charge in [0.15, 0.2) is 0 Å². The molecule has 2 N–H and O–H groups in total. The highest BCUT2D eigenvalue weighted by atomic mass is 16.6. The van der Waals surface area contributed by atoms with E-state index in [0.717, 1.165) is 18.4 Å². The second kappa shape index (κ2) is 9.74. The van der Waals surface area contributed by atoms with Gasteiger partial charge in [-0.05, 0) is 70.4 Å². The molecule has 0 aliphatic carbocycles. The second-order valence-corrected chi connectivity index (χ2v) is 7.67. The number of aryl methyl sites for hydroxylation is 1. The summed E-state index contributed by atoms with van der Waals surface area (Å²) in [7, 11) is 0. The van der Waals surface area contributed by atoms with E-state index in [4.69, 9.17) is 4.74 Å². The van der Waals surface area contributed by atoms with Crippen molar-refractivity contribution in [2.75, 3.05) is 10.6 Å². The SMILES string of the molecule is C/C(=C\C(=O)Nc1ccc(NC(=O)OC(C)(C)C)cc1)CCc1ccccc1. The molecule has 0 atom stereocenters. The van der Waals surface area contributed by atoms with Crippen molar-refractivity contribution >= 4 is 23.4 Å². The van der Waals surface area contributed by atoms with E-state index in [1.54, 1.807) is 51.1 Å². The minimum absolute atomic E-state index is 0.168. The summed E-state index contributed by atoms with van der Waals surface area (Å²) in [6.07, 6.45) is 2.84. The quantitative estimate of drug-likeness (QED) is 0.646. The number of anilines is 2. The van der Waals surface area contributed by atoms with E-state index in [-0.39, 0.29) is 5.91 Å². The lowest BCUT2D eigenvalue weighted by Gasteiger charge is -2.19. The first kappa shape index (κ1) is 21.2. The van der Waals surface area contributed by atoms with Crippen molar-refractivity contribution in [2.45, 2.75) is 46.1 Å². The summed E-state index contributed by atoms with van der Waals surface area (Å²) in [6.45, 7) is 7.37. The van der Waals surface area contributed by atoms with Gasteiger partial charge in [-0.15, -0.1) is 0 Å². The molecule has 0 saturated carbocycles. The molecule has 2 amide bonds. The van der Waals surface area contributed by atoms with E-state index >= 15 is 0 Å². The van der Waals surface area contributed by atoms with Crippen LogP contribution in [0, 0.1) is 0 Å². The molecular formula is C23H28N2O3. The van der Waals surface area contributed by atoms with E-state index in [0.29, 0.717) is 11.4 Å². The van der Waals surface area contributed by atoms with Crippen LogP contribution in [0.5, 0.6) is 0 Å². The largest absolute Gasteiger partial charge is 0.444 e. The normalized spacial score (nSPS) is 11.6. The number of benzene rings is 2. The van der Waals surface area contributed by atoms with Crippen LogP contribution in [-0.2, 0) is 16.0 Å². The molecule has 148 valence electrons. The lowest BCUT2D eigenvalue weighted by molar-refractivity contribution is -0.112. The van der Waals surface area contributed by atoms with Gasteiger partial charge in [0, 0.05) is 17.5 Å². The van der Waals surface area contributed by atoms with Crippen LogP contribution in [0.4, 0.5) is 16.2 Å². The maximum Gasteiger partial charge on any atom is 0.412 e. The first-order valence-electron chi connectivity index (χ1n) is 9.33. The van der Waals surface area contributed by atoms with Crippen molar-refractivity contribution in [1.82, 2.24) is 0 Å². The number of carbonyl (C=O) groups excluding carboxylic acids is 2. The third-order valence-corrected chi connectivity index (χ3v) is 3.83. The minimum atomic E-state index is -0.553. The number of allylic oxidation sites excluding steroid dienone is 1. The van der Waals surface area contributed by atoms with Crippen LogP contribution in [-0.4, -0.2) is 17.6 Å². The van der Waals surface area contributed by atoms with Gasteiger partial charge in [-0.2, -0.15) is 0 Å². The highest BCUT2D eigenvalue weighted by Gasteiger charge is 2.16. The number of amides is 2. The molecule has 2 aromatic rings. The number of carbonyl (C=O) groups is 2. The number of rotatable bonds is 6. The molecule has 0 spiro atoms. The molecule has 5 heteroatoms. The van der Waals surface area contributed by atoms with Gasteiger partial charge < -0.3 is 10.1 Å². The molecule has 0 saturated heterocycles. The average Bonchev–Trinajstić information content (AvgIpc) is 2.61. The predicted octanol–water partition coefficient (Wildman–Crippen LogP) is 5.55. The highest BCUT2D eigenvalue weighted by Crippen LogP contribution is 2.16. The summed E-state index contributed by atoms with van der Waals surface area (Å²) >= 11 is 0. The molecule has 0 radical (unpaired) electrons. The Labute approximate surface area is 166 Å². The Morgan fingerprint density at radius 2 is 1.50 bits per heavy atom. The van der Waals surface area contributed by atoms with Crippen molar-refractivity contribution in [3.63, 3.8) is 0 Å². The summed E-state index contributed by atoms with van der Waals surface area (Å²) in [5.41, 5.74) is 2.98. The molecule has 2 rings (SSSR count). The molecule has 0 bridgehead atoms. The maximum atomic E-state index is 12.2. The van der Waals surface area contributed by atoms with Crippen molar-refractivity contribution in [1.29, 1.82) is 0 Å². The van der Waals surface area contributed by atoms with Crippen LogP contribution in [0.25, 0.3) is 0 Å². The summed E-state index contributed by atoms with van der Waals surface area (Å²) in [5.74, 6) is -0.168. The zero-order valence-corrected chi connectivity index (χ0v) is 16.9. The molecule has 0 aliphatic rings. The molecule has 0 aliphatic heterocycles. The molecule has 0 heterocycles. The van der Waals surface area contributed by atoms with Crippen LogP contribution >= 0.6 is 0 Å². The van der Waals surface area contributed by atoms with Gasteiger partial charge in [0.1, 0.15) is 5.60 Å². The Hall–Kier alpha value is -3.08. The summed E-state index contributed by atoms with van der Waals surface area (Å²) in [6, 6.07) is 17.1. The number of hydrogen-bond acceptors (Lipinski definition) is 3. The first-order chi connectivity index (χ1) is 13.2. The molecule has 0 fully saturated rings. The second-order valence-electron chi connectivity index (χ2n) is 7.67. The zero-order chi connectivity index (χ0) is 20.6. The van der Waals surface area contributed by atoms with Gasteiger partial charge in [0.2, 0.25) is 5.91 Å². The molecule has 28 heavy (non-hydrogen) atoms. The van der Waals surface area contributed by atoms with Crippen LogP contribution in [0.2, 0.25) is 0 Å². The van der Waals surface area contributed by atoms with Crippen LogP contribution in [0.1, 0.15) is 39.7 Å². The fraction of sp³-hybridized carbons (Fsp3) is 0.304. The summed E-state index contributed by atoms with van der Waals surface area (Å²) in [5, 5.41) is 5.49.